The van der Waals surface area contributed by atoms with Crippen LogP contribution in [-0.4, -0.2) is 20.8 Å². The molecule has 1 aromatic carbocycles. The second-order valence-electron chi connectivity index (χ2n) is 3.71. The van der Waals surface area contributed by atoms with E-state index in [0.29, 0.717) is 12.1 Å². The fourth-order valence-electron chi connectivity index (χ4n) is 1.46. The fraction of sp³-hybridized carbons (Fsp3) is 0. The van der Waals surface area contributed by atoms with Gasteiger partial charge in [-0.15, -0.1) is 0 Å². The highest BCUT2D eigenvalue weighted by Crippen LogP contribution is 2.23. The van der Waals surface area contributed by atoms with E-state index >= 15 is 0 Å². The first-order chi connectivity index (χ1) is 9.88. The molecule has 1 heterocycles. The summed E-state index contributed by atoms with van der Waals surface area (Å²) in [5.74, 6) is -3.73. The first-order valence-electron chi connectivity index (χ1n) is 5.32. The van der Waals surface area contributed by atoms with Crippen LogP contribution in [0.1, 0.15) is 10.4 Å². The topological polar surface area (TPSA) is 98.0 Å². The number of carbonyl (C=O) groups is 1. The normalized spacial score (nSPS) is 10.2. The molecule has 2 rings (SSSR count). The Morgan fingerprint density at radius 2 is 2.10 bits per heavy atom. The number of halogens is 3. The minimum atomic E-state index is -1.45. The summed E-state index contributed by atoms with van der Waals surface area (Å²) in [6.07, 6.45) is 1.23. The van der Waals surface area contributed by atoms with Crippen LogP contribution in [0.3, 0.4) is 0 Å². The van der Waals surface area contributed by atoms with Crippen molar-refractivity contribution in [1.29, 1.82) is 0 Å². The lowest BCUT2D eigenvalue weighted by Gasteiger charge is -2.06. The lowest BCUT2D eigenvalue weighted by atomic mass is 10.1. The van der Waals surface area contributed by atoms with Gasteiger partial charge < -0.3 is 5.32 Å². The van der Waals surface area contributed by atoms with Gasteiger partial charge in [0, 0.05) is 6.20 Å². The highest BCUT2D eigenvalue weighted by Gasteiger charge is 2.24. The molecule has 2 aromatic rings. The van der Waals surface area contributed by atoms with E-state index in [1.807, 2.05) is 0 Å². The zero-order chi connectivity index (χ0) is 15.6. The quantitative estimate of drug-likeness (QED) is 0.533. The Bertz CT molecular complexity index is 741. The molecule has 0 aliphatic carbocycles. The molecule has 7 nitrogen and oxygen atoms in total. The molecule has 1 N–H and O–H groups in total. The molecule has 0 radical (unpaired) electrons. The SMILES string of the molecule is O=C(Nc1ccnc(Cl)n1)c1cc(F)cc([N+](=O)[O-])c1F. The predicted octanol–water partition coefficient (Wildman–Crippen LogP) is 2.57. The van der Waals surface area contributed by atoms with E-state index in [1.54, 1.807) is 0 Å². The van der Waals surface area contributed by atoms with Crippen LogP contribution in [0.25, 0.3) is 0 Å². The van der Waals surface area contributed by atoms with Crippen LogP contribution in [0.5, 0.6) is 0 Å². The number of aromatic nitrogens is 2. The molecule has 1 amide bonds. The Kier molecular flexibility index (Phi) is 4.03. The number of carbonyl (C=O) groups excluding carboxylic acids is 1. The summed E-state index contributed by atoms with van der Waals surface area (Å²) in [5.41, 5.74) is -1.96. The third-order valence-electron chi connectivity index (χ3n) is 2.33. The van der Waals surface area contributed by atoms with Gasteiger partial charge in [-0.25, -0.2) is 14.4 Å². The summed E-state index contributed by atoms with van der Waals surface area (Å²) in [6.45, 7) is 0. The molecule has 0 spiro atoms. The van der Waals surface area contributed by atoms with Gasteiger partial charge in [0.15, 0.2) is 0 Å². The number of nitro benzene ring substituents is 1. The van der Waals surface area contributed by atoms with E-state index < -0.39 is 33.7 Å². The molecule has 0 aliphatic rings. The third kappa shape index (κ3) is 3.26. The molecule has 0 saturated carbocycles. The summed E-state index contributed by atoms with van der Waals surface area (Å²) in [4.78, 5) is 28.5. The Hall–Kier alpha value is -2.68. The van der Waals surface area contributed by atoms with Gasteiger partial charge in [-0.05, 0) is 23.7 Å². The molecule has 0 fully saturated rings. The number of hydrogen-bond donors (Lipinski definition) is 1. The number of anilines is 1. The predicted molar refractivity (Wildman–Crippen MR) is 68.0 cm³/mol. The Balaban J connectivity index is 2.37. The first-order valence-corrected chi connectivity index (χ1v) is 5.69. The van der Waals surface area contributed by atoms with Crippen LogP contribution in [0.15, 0.2) is 24.4 Å². The largest absolute Gasteiger partial charge is 0.308 e. The van der Waals surface area contributed by atoms with Crippen molar-refractivity contribution >= 4 is 29.0 Å². The van der Waals surface area contributed by atoms with Gasteiger partial charge in [0.05, 0.1) is 16.6 Å². The average molecular weight is 315 g/mol. The maximum absolute atomic E-state index is 13.8. The Labute approximate surface area is 120 Å². The van der Waals surface area contributed by atoms with Gasteiger partial charge in [0.1, 0.15) is 11.6 Å². The molecular weight excluding hydrogens is 310 g/mol. The maximum atomic E-state index is 13.8. The lowest BCUT2D eigenvalue weighted by molar-refractivity contribution is -0.387. The summed E-state index contributed by atoms with van der Waals surface area (Å²) >= 11 is 5.50. The van der Waals surface area contributed by atoms with Crippen LogP contribution < -0.4 is 5.32 Å². The van der Waals surface area contributed by atoms with Crippen molar-refractivity contribution in [1.82, 2.24) is 9.97 Å². The van der Waals surface area contributed by atoms with Gasteiger partial charge in [-0.2, -0.15) is 4.39 Å². The molecule has 0 bridgehead atoms. The van der Waals surface area contributed by atoms with Crippen molar-refractivity contribution in [2.45, 2.75) is 0 Å². The standard InChI is InChI=1S/C11H5ClF2N4O3/c12-11-15-2-1-8(17-11)16-10(19)6-3-5(13)4-7(9(6)14)18(20)21/h1-4H,(H,15,16,17,19). The average Bonchev–Trinajstić information content (AvgIpc) is 2.40. The summed E-state index contributed by atoms with van der Waals surface area (Å²) < 4.78 is 27.0. The first kappa shape index (κ1) is 14.7. The summed E-state index contributed by atoms with van der Waals surface area (Å²) in [7, 11) is 0. The van der Waals surface area contributed by atoms with Gasteiger partial charge in [-0.1, -0.05) is 0 Å². The second-order valence-corrected chi connectivity index (χ2v) is 4.05. The minimum absolute atomic E-state index is 0.0636. The number of nitrogens with one attached hydrogen (secondary N) is 1. The summed E-state index contributed by atoms with van der Waals surface area (Å²) in [5, 5.41) is 12.5. The molecule has 10 heteroatoms. The number of nitro groups is 1. The van der Waals surface area contributed by atoms with Crippen molar-refractivity contribution in [3.63, 3.8) is 0 Å². The lowest BCUT2D eigenvalue weighted by Crippen LogP contribution is -2.16. The number of amides is 1. The van der Waals surface area contributed by atoms with Crippen LogP contribution in [0.2, 0.25) is 5.28 Å². The minimum Gasteiger partial charge on any atom is -0.306 e. The smallest absolute Gasteiger partial charge is 0.306 e. The second kappa shape index (κ2) is 5.75. The Morgan fingerprint density at radius 1 is 1.38 bits per heavy atom. The summed E-state index contributed by atoms with van der Waals surface area (Å²) in [6, 6.07) is 2.18. The van der Waals surface area contributed by atoms with Crippen LogP contribution in [0, 0.1) is 21.7 Å². The molecule has 0 unspecified atom stereocenters. The monoisotopic (exact) mass is 314 g/mol. The van der Waals surface area contributed by atoms with Gasteiger partial charge in [0.25, 0.3) is 5.91 Å². The van der Waals surface area contributed by atoms with E-state index in [9.17, 15) is 23.7 Å². The van der Waals surface area contributed by atoms with Crippen molar-refractivity contribution in [3.05, 3.63) is 57.0 Å². The van der Waals surface area contributed by atoms with Crippen molar-refractivity contribution < 1.29 is 18.5 Å². The third-order valence-corrected chi connectivity index (χ3v) is 2.51. The zero-order valence-electron chi connectivity index (χ0n) is 10.0. The molecular formula is C11H5ClF2N4O3. The van der Waals surface area contributed by atoms with Crippen molar-refractivity contribution in [3.8, 4) is 0 Å². The highest BCUT2D eigenvalue weighted by atomic mass is 35.5. The van der Waals surface area contributed by atoms with E-state index in [-0.39, 0.29) is 11.1 Å². The number of nitrogens with zero attached hydrogens (tertiary/aromatic N) is 3. The highest BCUT2D eigenvalue weighted by molar-refractivity contribution is 6.28. The van der Waals surface area contributed by atoms with Crippen molar-refractivity contribution in [2.24, 2.45) is 0 Å². The Morgan fingerprint density at radius 3 is 2.71 bits per heavy atom. The molecule has 0 aliphatic heterocycles. The van der Waals surface area contributed by atoms with Crippen molar-refractivity contribution in [2.75, 3.05) is 5.32 Å². The number of rotatable bonds is 3. The van der Waals surface area contributed by atoms with Crippen LogP contribution >= 0.6 is 11.6 Å². The molecule has 0 atom stereocenters. The van der Waals surface area contributed by atoms with E-state index in [2.05, 4.69) is 15.3 Å². The van der Waals surface area contributed by atoms with Crippen LogP contribution in [0.4, 0.5) is 20.3 Å². The fourth-order valence-corrected chi connectivity index (χ4v) is 1.61. The molecule has 21 heavy (non-hydrogen) atoms. The molecule has 108 valence electrons. The zero-order valence-corrected chi connectivity index (χ0v) is 10.8. The number of benzene rings is 1. The van der Waals surface area contributed by atoms with E-state index in [4.69, 9.17) is 11.6 Å². The number of hydrogen-bond acceptors (Lipinski definition) is 5. The van der Waals surface area contributed by atoms with Gasteiger partial charge >= 0.3 is 5.69 Å². The van der Waals surface area contributed by atoms with E-state index in [1.165, 1.54) is 12.3 Å². The van der Waals surface area contributed by atoms with Crippen LogP contribution in [-0.2, 0) is 0 Å². The van der Waals surface area contributed by atoms with Gasteiger partial charge in [-0.3, -0.25) is 14.9 Å². The van der Waals surface area contributed by atoms with E-state index in [0.717, 1.165) is 0 Å². The molecule has 1 aromatic heterocycles. The van der Waals surface area contributed by atoms with Gasteiger partial charge in [0.2, 0.25) is 11.1 Å². The maximum Gasteiger partial charge on any atom is 0.308 e. The molecule has 0 saturated heterocycles.